The number of nitrogens with zero attached hydrogens (tertiary/aromatic N) is 3. The van der Waals surface area contributed by atoms with Crippen molar-refractivity contribution in [1.82, 2.24) is 15.0 Å². The standard InChI is InChI=1S/C25H22N4O2/c1-16-6-3-4-7-18(16)19-11-13-27-15-17(19)14-23(30)24-21(26)9-10-22(29-24)20-8-5-12-28-25(20)31-2/h3-13,15H,14,26H2,1-2H3. The first kappa shape index (κ1) is 20.2. The summed E-state index contributed by atoms with van der Waals surface area (Å²) in [6.45, 7) is 2.05. The summed E-state index contributed by atoms with van der Waals surface area (Å²) >= 11 is 0. The van der Waals surface area contributed by atoms with Crippen molar-refractivity contribution in [3.8, 4) is 28.3 Å². The zero-order chi connectivity index (χ0) is 21.8. The Morgan fingerprint density at radius 3 is 2.58 bits per heavy atom. The quantitative estimate of drug-likeness (QED) is 0.470. The van der Waals surface area contributed by atoms with Crippen molar-refractivity contribution in [2.24, 2.45) is 0 Å². The number of hydrogen-bond donors (Lipinski definition) is 1. The lowest BCUT2D eigenvalue weighted by Gasteiger charge is -2.12. The Labute approximate surface area is 180 Å². The smallest absolute Gasteiger partial charge is 0.222 e. The van der Waals surface area contributed by atoms with Crippen molar-refractivity contribution >= 4 is 11.5 Å². The van der Waals surface area contributed by atoms with Crippen molar-refractivity contribution in [2.45, 2.75) is 13.3 Å². The van der Waals surface area contributed by atoms with Gasteiger partial charge in [0.05, 0.1) is 24.1 Å². The number of methoxy groups -OCH3 is 1. The Kier molecular flexibility index (Phi) is 5.71. The number of carbonyl (C=O) groups excluding carboxylic acids is 1. The molecule has 0 bridgehead atoms. The van der Waals surface area contributed by atoms with Crippen LogP contribution in [-0.2, 0) is 6.42 Å². The van der Waals surface area contributed by atoms with E-state index in [1.807, 2.05) is 43.3 Å². The Bertz CT molecular complexity index is 1250. The van der Waals surface area contributed by atoms with Crippen molar-refractivity contribution in [1.29, 1.82) is 0 Å². The van der Waals surface area contributed by atoms with E-state index in [0.29, 0.717) is 22.8 Å². The third kappa shape index (κ3) is 4.14. The fourth-order valence-corrected chi connectivity index (χ4v) is 3.55. The molecular formula is C25H22N4O2. The van der Waals surface area contributed by atoms with Gasteiger partial charge in [-0.25, -0.2) is 9.97 Å². The maximum Gasteiger partial charge on any atom is 0.222 e. The molecule has 4 aromatic rings. The molecule has 3 aromatic heterocycles. The van der Waals surface area contributed by atoms with Gasteiger partial charge in [-0.3, -0.25) is 9.78 Å². The van der Waals surface area contributed by atoms with E-state index < -0.39 is 0 Å². The van der Waals surface area contributed by atoms with E-state index >= 15 is 0 Å². The van der Waals surface area contributed by atoms with Crippen molar-refractivity contribution < 1.29 is 9.53 Å². The first-order chi connectivity index (χ1) is 15.1. The lowest BCUT2D eigenvalue weighted by molar-refractivity contribution is 0.0989. The van der Waals surface area contributed by atoms with Gasteiger partial charge in [0.25, 0.3) is 0 Å². The van der Waals surface area contributed by atoms with Gasteiger partial charge in [0, 0.05) is 25.0 Å². The van der Waals surface area contributed by atoms with Crippen LogP contribution in [0, 0.1) is 6.92 Å². The number of ether oxygens (including phenoxy) is 1. The average molecular weight is 410 g/mol. The molecule has 0 spiro atoms. The Morgan fingerprint density at radius 2 is 1.77 bits per heavy atom. The molecule has 0 aliphatic carbocycles. The number of aryl methyl sites for hydroxylation is 1. The number of carbonyl (C=O) groups is 1. The van der Waals surface area contributed by atoms with Crippen LogP contribution in [0.25, 0.3) is 22.4 Å². The molecule has 0 radical (unpaired) electrons. The fourth-order valence-electron chi connectivity index (χ4n) is 3.55. The molecule has 0 fully saturated rings. The lowest BCUT2D eigenvalue weighted by Crippen LogP contribution is -2.11. The van der Waals surface area contributed by atoms with Crippen LogP contribution in [0.4, 0.5) is 5.69 Å². The Balaban J connectivity index is 1.70. The zero-order valence-electron chi connectivity index (χ0n) is 17.4. The van der Waals surface area contributed by atoms with Crippen LogP contribution in [0.2, 0.25) is 0 Å². The molecule has 0 aliphatic rings. The molecule has 4 rings (SSSR count). The second-order valence-electron chi connectivity index (χ2n) is 7.14. The second kappa shape index (κ2) is 8.75. The number of nitrogen functional groups attached to an aromatic ring is 1. The fraction of sp³-hybridized carbons (Fsp3) is 0.120. The molecule has 6 nitrogen and oxygen atoms in total. The number of hydrogen-bond acceptors (Lipinski definition) is 6. The largest absolute Gasteiger partial charge is 0.481 e. The number of Topliss-reactive ketones (excluding diaryl/α,β-unsaturated/α-hetero) is 1. The second-order valence-corrected chi connectivity index (χ2v) is 7.14. The van der Waals surface area contributed by atoms with Crippen molar-refractivity contribution in [2.75, 3.05) is 12.8 Å². The van der Waals surface area contributed by atoms with Gasteiger partial charge < -0.3 is 10.5 Å². The summed E-state index contributed by atoms with van der Waals surface area (Å²) in [6, 6.07) is 17.1. The number of anilines is 1. The number of ketones is 1. The highest BCUT2D eigenvalue weighted by Gasteiger charge is 2.18. The van der Waals surface area contributed by atoms with E-state index in [-0.39, 0.29) is 17.9 Å². The molecule has 0 saturated heterocycles. The molecular weight excluding hydrogens is 388 g/mol. The van der Waals surface area contributed by atoms with Gasteiger partial charge in [0.15, 0.2) is 5.78 Å². The number of rotatable bonds is 6. The van der Waals surface area contributed by atoms with Crippen LogP contribution >= 0.6 is 0 Å². The molecule has 0 amide bonds. The molecule has 3 heterocycles. The average Bonchev–Trinajstić information content (AvgIpc) is 2.80. The van der Waals surface area contributed by atoms with Crippen LogP contribution in [0.5, 0.6) is 5.88 Å². The van der Waals surface area contributed by atoms with Gasteiger partial charge in [-0.1, -0.05) is 24.3 Å². The summed E-state index contributed by atoms with van der Waals surface area (Å²) in [4.78, 5) is 26.2. The summed E-state index contributed by atoms with van der Waals surface area (Å²) in [7, 11) is 1.55. The lowest BCUT2D eigenvalue weighted by atomic mass is 9.94. The topological polar surface area (TPSA) is 91.0 Å². The van der Waals surface area contributed by atoms with Gasteiger partial charge in [0.2, 0.25) is 5.88 Å². The van der Waals surface area contributed by atoms with Crippen LogP contribution in [0.1, 0.15) is 21.6 Å². The minimum Gasteiger partial charge on any atom is -0.481 e. The van der Waals surface area contributed by atoms with E-state index in [1.54, 1.807) is 43.9 Å². The molecule has 2 N–H and O–H groups in total. The SMILES string of the molecule is COc1ncccc1-c1ccc(N)c(C(=O)Cc2cnccc2-c2ccccc2C)n1. The van der Waals surface area contributed by atoms with E-state index in [1.165, 1.54) is 0 Å². The molecule has 0 aliphatic heterocycles. The minimum atomic E-state index is -0.176. The molecule has 31 heavy (non-hydrogen) atoms. The molecule has 0 saturated carbocycles. The van der Waals surface area contributed by atoms with Crippen molar-refractivity contribution in [3.63, 3.8) is 0 Å². The summed E-state index contributed by atoms with van der Waals surface area (Å²) in [5.41, 5.74) is 12.0. The molecule has 154 valence electrons. The van der Waals surface area contributed by atoms with E-state index in [0.717, 1.165) is 22.3 Å². The van der Waals surface area contributed by atoms with Gasteiger partial charge in [-0.15, -0.1) is 0 Å². The summed E-state index contributed by atoms with van der Waals surface area (Å²) in [5, 5.41) is 0. The minimum absolute atomic E-state index is 0.141. The van der Waals surface area contributed by atoms with Crippen molar-refractivity contribution in [3.05, 3.63) is 90.0 Å². The van der Waals surface area contributed by atoms with Gasteiger partial charge in [0.1, 0.15) is 5.69 Å². The monoisotopic (exact) mass is 410 g/mol. The van der Waals surface area contributed by atoms with E-state index in [2.05, 4.69) is 15.0 Å². The summed E-state index contributed by atoms with van der Waals surface area (Å²) < 4.78 is 5.33. The van der Waals surface area contributed by atoms with Gasteiger partial charge in [-0.05, 0) is 59.5 Å². The molecule has 0 atom stereocenters. The number of aromatic nitrogens is 3. The Morgan fingerprint density at radius 1 is 0.968 bits per heavy atom. The summed E-state index contributed by atoms with van der Waals surface area (Å²) in [5.74, 6) is 0.261. The predicted octanol–water partition coefficient (Wildman–Crippen LogP) is 4.53. The number of pyridine rings is 3. The number of benzene rings is 1. The number of nitrogens with two attached hydrogens (primary N) is 1. The maximum absolute atomic E-state index is 13.2. The highest BCUT2D eigenvalue weighted by Crippen LogP contribution is 2.29. The normalized spacial score (nSPS) is 10.6. The van der Waals surface area contributed by atoms with Crippen LogP contribution < -0.4 is 10.5 Å². The molecule has 0 unspecified atom stereocenters. The maximum atomic E-state index is 13.2. The zero-order valence-corrected chi connectivity index (χ0v) is 17.4. The Hall–Kier alpha value is -4.06. The van der Waals surface area contributed by atoms with Gasteiger partial charge in [-0.2, -0.15) is 0 Å². The van der Waals surface area contributed by atoms with Crippen LogP contribution in [0.15, 0.2) is 73.2 Å². The van der Waals surface area contributed by atoms with Crippen LogP contribution in [-0.4, -0.2) is 27.8 Å². The van der Waals surface area contributed by atoms with E-state index in [9.17, 15) is 4.79 Å². The first-order valence-corrected chi connectivity index (χ1v) is 9.86. The van der Waals surface area contributed by atoms with E-state index in [4.69, 9.17) is 10.5 Å². The third-order valence-electron chi connectivity index (χ3n) is 5.12. The molecule has 6 heteroatoms. The summed E-state index contributed by atoms with van der Waals surface area (Å²) in [6.07, 6.45) is 5.24. The molecule has 1 aromatic carbocycles. The highest BCUT2D eigenvalue weighted by atomic mass is 16.5. The first-order valence-electron chi connectivity index (χ1n) is 9.86. The predicted molar refractivity (Wildman–Crippen MR) is 121 cm³/mol. The third-order valence-corrected chi connectivity index (χ3v) is 5.12. The van der Waals surface area contributed by atoms with Gasteiger partial charge >= 0.3 is 0 Å². The highest BCUT2D eigenvalue weighted by molar-refractivity contribution is 6.01. The van der Waals surface area contributed by atoms with Crippen LogP contribution in [0.3, 0.4) is 0 Å².